The fourth-order valence-electron chi connectivity index (χ4n) is 9.12. The lowest BCUT2D eigenvalue weighted by Gasteiger charge is -2.26. The van der Waals surface area contributed by atoms with Gasteiger partial charge < -0.3 is 4.90 Å². The molecule has 3 nitrogen and oxygen atoms in total. The van der Waals surface area contributed by atoms with E-state index in [1.807, 2.05) is 36.5 Å². The van der Waals surface area contributed by atoms with E-state index in [9.17, 15) is 5.26 Å². The van der Waals surface area contributed by atoms with Crippen LogP contribution < -0.4 is 4.90 Å². The highest BCUT2D eigenvalue weighted by Crippen LogP contribution is 2.48. The summed E-state index contributed by atoms with van der Waals surface area (Å²) in [6.07, 6.45) is 3.69. The first kappa shape index (κ1) is 35.8. The normalized spacial score (nSPS) is 11.3. The Labute approximate surface area is 354 Å². The molecule has 0 saturated carbocycles. The third-order valence-corrected chi connectivity index (χ3v) is 12.0. The zero-order valence-corrected chi connectivity index (χ0v) is 33.2. The molecular weight excluding hydrogens is 739 g/mol. The van der Waals surface area contributed by atoms with Crippen molar-refractivity contribution in [1.29, 1.82) is 5.26 Å². The number of pyridine rings is 1. The third kappa shape index (κ3) is 6.35. The van der Waals surface area contributed by atoms with Crippen molar-refractivity contribution in [3.8, 4) is 50.6 Å². The predicted molar refractivity (Wildman–Crippen MR) is 255 cm³/mol. The molecule has 1 heterocycles. The average Bonchev–Trinajstić information content (AvgIpc) is 3.34. The van der Waals surface area contributed by atoms with E-state index >= 15 is 0 Å². The highest BCUT2D eigenvalue weighted by atomic mass is 15.1. The lowest BCUT2D eigenvalue weighted by molar-refractivity contribution is 1.28. The van der Waals surface area contributed by atoms with Gasteiger partial charge >= 0.3 is 0 Å². The van der Waals surface area contributed by atoms with Crippen LogP contribution in [0.4, 0.5) is 17.1 Å². The molecule has 1 aromatic heterocycles. The first-order valence-corrected chi connectivity index (χ1v) is 20.6. The number of nitrogens with zero attached hydrogens (tertiary/aromatic N) is 3. The number of nitriles is 1. The van der Waals surface area contributed by atoms with E-state index < -0.39 is 0 Å². The Kier molecular flexibility index (Phi) is 8.88. The summed E-state index contributed by atoms with van der Waals surface area (Å²) in [6, 6.07) is 78.2. The van der Waals surface area contributed by atoms with E-state index in [1.54, 1.807) is 6.20 Å². The number of hydrogen-bond donors (Lipinski definition) is 0. The van der Waals surface area contributed by atoms with Crippen LogP contribution in [0.15, 0.2) is 225 Å². The predicted octanol–water partition coefficient (Wildman–Crippen LogP) is 15.7. The zero-order valence-electron chi connectivity index (χ0n) is 33.2. The van der Waals surface area contributed by atoms with Gasteiger partial charge in [-0.2, -0.15) is 5.26 Å². The second-order valence-corrected chi connectivity index (χ2v) is 15.4. The van der Waals surface area contributed by atoms with Gasteiger partial charge in [-0.05, 0) is 143 Å². The smallest absolute Gasteiger partial charge is 0.0991 e. The molecule has 0 atom stereocenters. The molecule has 11 rings (SSSR count). The highest BCUT2D eigenvalue weighted by Gasteiger charge is 2.20. The summed E-state index contributed by atoms with van der Waals surface area (Å²) in [7, 11) is 0. The molecule has 0 aliphatic rings. The van der Waals surface area contributed by atoms with Gasteiger partial charge in [-0.15, -0.1) is 0 Å². The van der Waals surface area contributed by atoms with Gasteiger partial charge in [-0.1, -0.05) is 152 Å². The fraction of sp³-hybridized carbons (Fsp3) is 0. The van der Waals surface area contributed by atoms with E-state index in [1.165, 1.54) is 65.3 Å². The molecule has 61 heavy (non-hydrogen) atoms. The van der Waals surface area contributed by atoms with Gasteiger partial charge in [-0.3, -0.25) is 4.98 Å². The van der Waals surface area contributed by atoms with E-state index in [-0.39, 0.29) is 0 Å². The molecule has 0 N–H and O–H groups in total. The molecule has 0 aliphatic heterocycles. The Balaban J connectivity index is 1.11. The van der Waals surface area contributed by atoms with Gasteiger partial charge in [0.15, 0.2) is 0 Å². The molecule has 11 aromatic rings. The fourth-order valence-corrected chi connectivity index (χ4v) is 9.12. The maximum Gasteiger partial charge on any atom is 0.0991 e. The number of aromatic nitrogens is 1. The quantitative estimate of drug-likeness (QED) is 0.151. The summed E-state index contributed by atoms with van der Waals surface area (Å²) >= 11 is 0. The Morgan fingerprint density at radius 3 is 1.49 bits per heavy atom. The van der Waals surface area contributed by atoms with Crippen LogP contribution in [-0.2, 0) is 0 Å². The molecule has 284 valence electrons. The van der Waals surface area contributed by atoms with Gasteiger partial charge in [0.25, 0.3) is 0 Å². The van der Waals surface area contributed by atoms with Crippen molar-refractivity contribution >= 4 is 60.2 Å². The van der Waals surface area contributed by atoms with E-state index in [0.717, 1.165) is 39.3 Å². The summed E-state index contributed by atoms with van der Waals surface area (Å²) in [5.74, 6) is 0. The topological polar surface area (TPSA) is 39.9 Å². The first-order valence-electron chi connectivity index (χ1n) is 20.6. The minimum absolute atomic E-state index is 0.624. The summed E-state index contributed by atoms with van der Waals surface area (Å²) < 4.78 is 0. The first-order chi connectivity index (χ1) is 30.2. The van der Waals surface area contributed by atoms with Crippen LogP contribution in [0.2, 0.25) is 0 Å². The highest BCUT2D eigenvalue weighted by molar-refractivity contribution is 6.25. The largest absolute Gasteiger partial charge is 0.310 e. The Bertz CT molecular complexity index is 3460. The number of hydrogen-bond acceptors (Lipinski definition) is 3. The van der Waals surface area contributed by atoms with Crippen molar-refractivity contribution in [2.45, 2.75) is 0 Å². The van der Waals surface area contributed by atoms with E-state index in [4.69, 9.17) is 0 Å². The summed E-state index contributed by atoms with van der Waals surface area (Å²) in [5, 5.41) is 19.4. The third-order valence-electron chi connectivity index (χ3n) is 12.0. The molecule has 0 radical (unpaired) electrons. The number of benzene rings is 10. The molecule has 0 amide bonds. The Hall–Kier alpha value is -8.32. The van der Waals surface area contributed by atoms with E-state index in [0.29, 0.717) is 5.56 Å². The maximum absolute atomic E-state index is 9.59. The summed E-state index contributed by atoms with van der Waals surface area (Å²) in [5.41, 5.74) is 13.0. The van der Waals surface area contributed by atoms with Crippen LogP contribution in [0, 0.1) is 11.3 Å². The van der Waals surface area contributed by atoms with Crippen molar-refractivity contribution < 1.29 is 0 Å². The SMILES string of the molecule is N#Cc1ccc(N(c2ccc(-c3ccc4c(-c5cccc6ccccc56)c5ccccc5c(-c5cccc6ccccc56)c4c3)cc2)c2cccc(-c3cccnc3)c2)cc1. The maximum atomic E-state index is 9.59. The zero-order chi connectivity index (χ0) is 40.7. The van der Waals surface area contributed by atoms with Gasteiger partial charge in [0.05, 0.1) is 11.6 Å². The number of rotatable bonds is 7. The van der Waals surface area contributed by atoms with Crippen LogP contribution in [-0.4, -0.2) is 4.98 Å². The van der Waals surface area contributed by atoms with Gasteiger partial charge in [0.1, 0.15) is 0 Å². The molecule has 0 spiro atoms. The van der Waals surface area contributed by atoms with Gasteiger partial charge in [-0.25, -0.2) is 0 Å². The average molecular weight is 776 g/mol. The Morgan fingerprint density at radius 2 is 0.869 bits per heavy atom. The van der Waals surface area contributed by atoms with Crippen LogP contribution in [0.3, 0.4) is 0 Å². The van der Waals surface area contributed by atoms with Gasteiger partial charge in [0, 0.05) is 35.0 Å². The van der Waals surface area contributed by atoms with Crippen LogP contribution in [0.5, 0.6) is 0 Å². The van der Waals surface area contributed by atoms with E-state index in [2.05, 4.69) is 198 Å². The standard InChI is InChI=1S/C58H37N3/c59-37-39-24-29-46(30-25-39)61(48-17-7-15-43(35-48)45-16-10-34-60-38-45)47-31-26-40(27-32-47)44-28-33-55-56(36-44)58(52-23-9-14-42-12-2-4-19-50(42)52)54-21-6-5-20-53(54)57(55)51-22-8-13-41-11-1-3-18-49(41)51/h1-36,38H. The molecule has 0 aliphatic carbocycles. The van der Waals surface area contributed by atoms with Crippen LogP contribution in [0.25, 0.3) is 87.6 Å². The van der Waals surface area contributed by atoms with Crippen molar-refractivity contribution in [3.63, 3.8) is 0 Å². The monoisotopic (exact) mass is 775 g/mol. The minimum atomic E-state index is 0.624. The Morgan fingerprint density at radius 1 is 0.361 bits per heavy atom. The summed E-state index contributed by atoms with van der Waals surface area (Å²) in [4.78, 5) is 6.61. The molecule has 0 saturated heterocycles. The number of fused-ring (bicyclic) bond motifs is 4. The van der Waals surface area contributed by atoms with Crippen molar-refractivity contribution in [2.24, 2.45) is 0 Å². The molecule has 0 unspecified atom stereocenters. The molecule has 3 heteroatoms. The minimum Gasteiger partial charge on any atom is -0.310 e. The lowest BCUT2D eigenvalue weighted by Crippen LogP contribution is -2.10. The van der Waals surface area contributed by atoms with Crippen molar-refractivity contribution in [1.82, 2.24) is 4.98 Å². The van der Waals surface area contributed by atoms with Gasteiger partial charge in [0.2, 0.25) is 0 Å². The van der Waals surface area contributed by atoms with Crippen molar-refractivity contribution in [2.75, 3.05) is 4.90 Å². The second-order valence-electron chi connectivity index (χ2n) is 15.4. The molecule has 0 bridgehead atoms. The lowest BCUT2D eigenvalue weighted by atomic mass is 9.83. The molecular formula is C58H37N3. The van der Waals surface area contributed by atoms with Crippen LogP contribution in [0.1, 0.15) is 5.56 Å². The van der Waals surface area contributed by atoms with Crippen molar-refractivity contribution in [3.05, 3.63) is 230 Å². The second kappa shape index (κ2) is 15.1. The molecule has 0 fully saturated rings. The number of anilines is 3. The van der Waals surface area contributed by atoms with Crippen LogP contribution >= 0.6 is 0 Å². The molecule has 10 aromatic carbocycles. The summed E-state index contributed by atoms with van der Waals surface area (Å²) in [6.45, 7) is 0.